The van der Waals surface area contributed by atoms with Crippen LogP contribution in [-0.2, 0) is 19.1 Å². The molecule has 0 radical (unpaired) electrons. The third-order valence-electron chi connectivity index (χ3n) is 17.0. The summed E-state index contributed by atoms with van der Waals surface area (Å²) >= 11 is 0. The highest BCUT2D eigenvalue weighted by Crippen LogP contribution is 2.77. The molecule has 0 saturated heterocycles. The Kier molecular flexibility index (Phi) is 9.66. The minimum atomic E-state index is -0.784. The summed E-state index contributed by atoms with van der Waals surface area (Å²) in [4.78, 5) is 40.9. The number of rotatable bonds is 10. The van der Waals surface area contributed by atoms with Gasteiger partial charge in [-0.1, -0.05) is 66.2 Å². The number of nitrogens with zero attached hydrogens (tertiary/aromatic N) is 1. The minimum absolute atomic E-state index is 0.00133. The number of aliphatic hydroxyl groups is 1. The van der Waals surface area contributed by atoms with Crippen LogP contribution in [0.25, 0.3) is 0 Å². The van der Waals surface area contributed by atoms with Crippen LogP contribution in [0.4, 0.5) is 0 Å². The molecule has 0 aromatic rings. The number of amides is 1. The lowest BCUT2D eigenvalue weighted by Gasteiger charge is -2.71. The number of Topliss-reactive ketones (excluding diaryl/α,β-unsaturated/α-hetero) is 1. The number of ether oxygens (including phenoxy) is 1. The van der Waals surface area contributed by atoms with Gasteiger partial charge in [-0.25, -0.2) is 0 Å². The average molecular weight is 718 g/mol. The van der Waals surface area contributed by atoms with Gasteiger partial charge in [-0.05, 0) is 145 Å². The van der Waals surface area contributed by atoms with Gasteiger partial charge in [-0.2, -0.15) is 0 Å². The van der Waals surface area contributed by atoms with Gasteiger partial charge >= 0.3 is 5.97 Å². The van der Waals surface area contributed by atoms with E-state index in [-0.39, 0.29) is 64.3 Å². The standard InChI is InChI=1S/C45H67NO6/c1-27(2)38-33(47)23-45(36(48)25-46(24-28-9-10-28)37(49)26-52-8)22-21-43(6)32(39(38)45)15-16-35-42(5)19-17-31(29-11-13-30(14-12-29)40(50)51)41(3,4)34(42)18-20-44(35,43)7/h11,17,27-28,30,32,34-36,48H,9-10,12-16,18-26H2,1-8H3,(H,50,51)/t30?,32-,34+,35-,36+,42+,43-,44-,45+/m1/s1. The van der Waals surface area contributed by atoms with Crippen LogP contribution in [0.2, 0.25) is 0 Å². The van der Waals surface area contributed by atoms with Crippen LogP contribution in [0, 0.1) is 62.6 Å². The van der Waals surface area contributed by atoms with E-state index in [1.165, 1.54) is 23.1 Å². The normalized spacial score (nSPS) is 40.2. The molecule has 7 nitrogen and oxygen atoms in total. The molecule has 0 aliphatic heterocycles. The molecule has 1 amide bonds. The summed E-state index contributed by atoms with van der Waals surface area (Å²) in [5.41, 5.74) is 4.73. The Morgan fingerprint density at radius 1 is 0.942 bits per heavy atom. The number of aliphatic carboxylic acids is 1. The molecule has 9 atom stereocenters. The molecular weight excluding hydrogens is 650 g/mol. The predicted octanol–water partition coefficient (Wildman–Crippen LogP) is 8.56. The Morgan fingerprint density at radius 3 is 2.29 bits per heavy atom. The number of methoxy groups -OCH3 is 1. The fraction of sp³-hybridized carbons (Fsp3) is 0.800. The third kappa shape index (κ3) is 5.66. The fourth-order valence-electron chi connectivity index (χ4n) is 14.0. The van der Waals surface area contributed by atoms with Crippen molar-refractivity contribution < 1.29 is 29.3 Å². The number of ketones is 1. The highest BCUT2D eigenvalue weighted by Gasteiger charge is 2.70. The predicted molar refractivity (Wildman–Crippen MR) is 203 cm³/mol. The number of carboxylic acid groups (broad SMARTS) is 1. The molecule has 52 heavy (non-hydrogen) atoms. The van der Waals surface area contributed by atoms with E-state index in [0.29, 0.717) is 37.1 Å². The van der Waals surface area contributed by atoms with E-state index in [0.717, 1.165) is 69.8 Å². The number of hydrogen-bond acceptors (Lipinski definition) is 5. The molecule has 0 heterocycles. The fourth-order valence-corrected chi connectivity index (χ4v) is 14.0. The highest BCUT2D eigenvalue weighted by atomic mass is 16.5. The van der Waals surface area contributed by atoms with Crippen LogP contribution in [-0.4, -0.2) is 65.7 Å². The van der Waals surface area contributed by atoms with E-state index in [4.69, 9.17) is 4.74 Å². The topological polar surface area (TPSA) is 104 Å². The molecule has 7 aliphatic rings. The zero-order valence-electron chi connectivity index (χ0n) is 33.5. The van der Waals surface area contributed by atoms with Gasteiger partial charge in [-0.3, -0.25) is 14.4 Å². The third-order valence-corrected chi connectivity index (χ3v) is 17.0. The first-order valence-electron chi connectivity index (χ1n) is 20.8. The quantitative estimate of drug-likeness (QED) is 0.235. The Labute approximate surface area is 313 Å². The number of carbonyl (C=O) groups is 3. The van der Waals surface area contributed by atoms with Crippen molar-refractivity contribution in [1.82, 2.24) is 4.90 Å². The maximum atomic E-state index is 14.2. The summed E-state index contributed by atoms with van der Waals surface area (Å²) in [6, 6.07) is 0. The summed E-state index contributed by atoms with van der Waals surface area (Å²) in [5.74, 6) is 1.14. The number of fused-ring (bicyclic) bond motifs is 7. The second-order valence-corrected chi connectivity index (χ2v) is 20.1. The van der Waals surface area contributed by atoms with E-state index in [9.17, 15) is 24.6 Å². The van der Waals surface area contributed by atoms with Crippen molar-refractivity contribution in [2.75, 3.05) is 26.8 Å². The second-order valence-electron chi connectivity index (χ2n) is 20.1. The van der Waals surface area contributed by atoms with Gasteiger partial charge in [0.15, 0.2) is 5.78 Å². The van der Waals surface area contributed by atoms with Gasteiger partial charge in [0.2, 0.25) is 5.91 Å². The van der Waals surface area contributed by atoms with E-state index in [1.807, 2.05) is 4.90 Å². The zero-order valence-corrected chi connectivity index (χ0v) is 33.5. The second kappa shape index (κ2) is 13.2. The largest absolute Gasteiger partial charge is 0.481 e. The number of allylic oxidation sites excluding steroid dienone is 5. The van der Waals surface area contributed by atoms with Gasteiger partial charge < -0.3 is 19.8 Å². The van der Waals surface area contributed by atoms with Crippen molar-refractivity contribution in [2.24, 2.45) is 62.6 Å². The van der Waals surface area contributed by atoms with Crippen LogP contribution < -0.4 is 0 Å². The van der Waals surface area contributed by atoms with Crippen molar-refractivity contribution in [1.29, 1.82) is 0 Å². The van der Waals surface area contributed by atoms with Gasteiger partial charge in [0.05, 0.1) is 12.0 Å². The molecule has 0 spiro atoms. The Hall–Kier alpha value is -2.25. The summed E-state index contributed by atoms with van der Waals surface area (Å²) in [6.07, 6.45) is 16.2. The molecular formula is C45H67NO6. The van der Waals surface area contributed by atoms with Crippen LogP contribution >= 0.6 is 0 Å². The maximum absolute atomic E-state index is 14.2. The molecule has 1 unspecified atom stereocenters. The first-order chi connectivity index (χ1) is 24.4. The maximum Gasteiger partial charge on any atom is 0.306 e. The molecule has 4 fully saturated rings. The minimum Gasteiger partial charge on any atom is -0.481 e. The number of carbonyl (C=O) groups excluding carboxylic acids is 2. The SMILES string of the molecule is COCC(=O)N(CC1CC1)C[C@H](O)[C@@]12CC[C@]3(C)[C@H](CC[C@@H]4[C@@]5(C)CC=C(C6=CCC(C(=O)O)CC6)C(C)(C)[C@@H]5CC[C@]43C)C1=C(C(C)C)C(=O)C2. The first-order valence-corrected chi connectivity index (χ1v) is 20.8. The van der Waals surface area contributed by atoms with Crippen molar-refractivity contribution in [2.45, 2.75) is 138 Å². The molecule has 2 N–H and O–H groups in total. The lowest BCUT2D eigenvalue weighted by atomic mass is 9.33. The van der Waals surface area contributed by atoms with E-state index < -0.39 is 17.5 Å². The number of carboxylic acids is 1. The highest BCUT2D eigenvalue weighted by molar-refractivity contribution is 6.00. The Balaban J connectivity index is 1.21. The van der Waals surface area contributed by atoms with Crippen molar-refractivity contribution in [3.63, 3.8) is 0 Å². The summed E-state index contributed by atoms with van der Waals surface area (Å²) < 4.78 is 5.25. The molecule has 7 aliphatic carbocycles. The van der Waals surface area contributed by atoms with Crippen LogP contribution in [0.3, 0.4) is 0 Å². The lowest BCUT2D eigenvalue weighted by molar-refractivity contribution is -0.202. The van der Waals surface area contributed by atoms with Gasteiger partial charge in [0, 0.05) is 32.0 Å². The van der Waals surface area contributed by atoms with Gasteiger partial charge in [-0.15, -0.1) is 0 Å². The van der Waals surface area contributed by atoms with E-state index in [2.05, 4.69) is 60.6 Å². The van der Waals surface area contributed by atoms with Gasteiger partial charge in [0.1, 0.15) is 6.61 Å². The Morgan fingerprint density at radius 2 is 1.67 bits per heavy atom. The molecule has 4 saturated carbocycles. The average Bonchev–Trinajstić information content (AvgIpc) is 3.84. The van der Waals surface area contributed by atoms with Gasteiger partial charge in [0.25, 0.3) is 0 Å². The Bertz CT molecular complexity index is 1580. The summed E-state index contributed by atoms with van der Waals surface area (Å²) in [6.45, 7) is 17.9. The molecule has 7 rings (SSSR count). The smallest absolute Gasteiger partial charge is 0.306 e. The summed E-state index contributed by atoms with van der Waals surface area (Å²) in [5, 5.41) is 22.0. The van der Waals surface area contributed by atoms with E-state index in [1.54, 1.807) is 7.11 Å². The van der Waals surface area contributed by atoms with Crippen LogP contribution in [0.1, 0.15) is 132 Å². The van der Waals surface area contributed by atoms with Crippen molar-refractivity contribution in [3.05, 3.63) is 34.4 Å². The molecule has 0 aromatic carbocycles. The zero-order chi connectivity index (χ0) is 37.6. The number of aliphatic hydroxyl groups excluding tert-OH is 1. The molecule has 7 heteroatoms. The van der Waals surface area contributed by atoms with Crippen LogP contribution in [0.15, 0.2) is 34.4 Å². The molecule has 0 bridgehead atoms. The molecule has 288 valence electrons. The first kappa shape index (κ1) is 38.0. The van der Waals surface area contributed by atoms with E-state index >= 15 is 0 Å². The molecule has 0 aromatic heterocycles. The van der Waals surface area contributed by atoms with Crippen LogP contribution in [0.5, 0.6) is 0 Å². The number of hydrogen-bond donors (Lipinski definition) is 2. The summed E-state index contributed by atoms with van der Waals surface area (Å²) in [7, 11) is 1.55. The van der Waals surface area contributed by atoms with Crippen molar-refractivity contribution in [3.8, 4) is 0 Å². The lowest BCUT2D eigenvalue weighted by Crippen LogP contribution is -2.65. The monoisotopic (exact) mass is 717 g/mol. The van der Waals surface area contributed by atoms with Crippen molar-refractivity contribution >= 4 is 17.7 Å².